The van der Waals surface area contributed by atoms with Gasteiger partial charge in [0.25, 0.3) is 0 Å². The van der Waals surface area contributed by atoms with E-state index in [2.05, 4.69) is 18.7 Å². The maximum atomic E-state index is 13.5. The molecule has 18 heavy (non-hydrogen) atoms. The lowest BCUT2D eigenvalue weighted by Crippen LogP contribution is -2.45. The number of hydrogen-bond acceptors (Lipinski definition) is 3. The van der Waals surface area contributed by atoms with Gasteiger partial charge in [-0.3, -0.25) is 9.69 Å². The van der Waals surface area contributed by atoms with Gasteiger partial charge in [0, 0.05) is 23.6 Å². The van der Waals surface area contributed by atoms with Gasteiger partial charge in [0.1, 0.15) is 5.82 Å². The van der Waals surface area contributed by atoms with E-state index in [1.807, 2.05) is 11.8 Å². The van der Waals surface area contributed by atoms with Crippen LogP contribution in [0.5, 0.6) is 0 Å². The summed E-state index contributed by atoms with van der Waals surface area (Å²) in [6.45, 7) is 6.44. The number of nitrogens with zero attached hydrogens (tertiary/aromatic N) is 1. The van der Waals surface area contributed by atoms with Gasteiger partial charge in [0.05, 0.1) is 12.1 Å². The topological polar surface area (TPSA) is 20.3 Å². The molecule has 0 bridgehead atoms. The third-order valence-corrected chi connectivity index (χ3v) is 4.34. The SMILES string of the molecule is CC1(C)CN(CC(=O)c2ccccc2F)CCS1. The van der Waals surface area contributed by atoms with Gasteiger partial charge in [-0.25, -0.2) is 4.39 Å². The van der Waals surface area contributed by atoms with Crippen molar-refractivity contribution in [3.8, 4) is 0 Å². The Morgan fingerprint density at radius 3 is 2.83 bits per heavy atom. The summed E-state index contributed by atoms with van der Waals surface area (Å²) in [6.07, 6.45) is 0. The predicted molar refractivity (Wildman–Crippen MR) is 73.7 cm³/mol. The number of benzene rings is 1. The summed E-state index contributed by atoms with van der Waals surface area (Å²) >= 11 is 1.92. The van der Waals surface area contributed by atoms with Gasteiger partial charge in [-0.15, -0.1) is 0 Å². The van der Waals surface area contributed by atoms with Crippen molar-refractivity contribution >= 4 is 17.5 Å². The zero-order chi connectivity index (χ0) is 13.2. The van der Waals surface area contributed by atoms with Gasteiger partial charge >= 0.3 is 0 Å². The molecule has 0 radical (unpaired) electrons. The molecule has 0 aliphatic carbocycles. The fraction of sp³-hybridized carbons (Fsp3) is 0.500. The number of Topliss-reactive ketones (excluding diaryl/α,β-unsaturated/α-hetero) is 1. The quantitative estimate of drug-likeness (QED) is 0.785. The van der Waals surface area contributed by atoms with E-state index in [0.717, 1.165) is 18.8 Å². The van der Waals surface area contributed by atoms with Crippen LogP contribution in [0.2, 0.25) is 0 Å². The minimum atomic E-state index is -0.423. The molecule has 1 aromatic carbocycles. The van der Waals surface area contributed by atoms with Crippen LogP contribution >= 0.6 is 11.8 Å². The first-order valence-electron chi connectivity index (χ1n) is 6.12. The van der Waals surface area contributed by atoms with Crippen LogP contribution in [0.4, 0.5) is 4.39 Å². The lowest BCUT2D eigenvalue weighted by atomic mass is 10.1. The fourth-order valence-corrected chi connectivity index (χ4v) is 3.40. The minimum absolute atomic E-state index is 0.129. The molecule has 4 heteroatoms. The van der Waals surface area contributed by atoms with E-state index in [0.29, 0.717) is 6.54 Å². The molecule has 1 heterocycles. The maximum absolute atomic E-state index is 13.5. The molecule has 1 aliphatic heterocycles. The maximum Gasteiger partial charge on any atom is 0.179 e. The van der Waals surface area contributed by atoms with Crippen molar-refractivity contribution in [2.75, 3.05) is 25.4 Å². The van der Waals surface area contributed by atoms with Gasteiger partial charge < -0.3 is 0 Å². The summed E-state index contributed by atoms with van der Waals surface area (Å²) in [5.74, 6) is 0.473. The van der Waals surface area contributed by atoms with Crippen molar-refractivity contribution in [2.24, 2.45) is 0 Å². The van der Waals surface area contributed by atoms with Crippen LogP contribution < -0.4 is 0 Å². The summed E-state index contributed by atoms with van der Waals surface area (Å²) in [4.78, 5) is 14.2. The Balaban J connectivity index is 2.02. The van der Waals surface area contributed by atoms with Crippen LogP contribution in [-0.4, -0.2) is 40.8 Å². The molecular formula is C14H18FNOS. The fourth-order valence-electron chi connectivity index (χ4n) is 2.22. The van der Waals surface area contributed by atoms with E-state index in [-0.39, 0.29) is 16.1 Å². The van der Waals surface area contributed by atoms with Gasteiger partial charge in [0.15, 0.2) is 5.78 Å². The van der Waals surface area contributed by atoms with Crippen LogP contribution in [0.1, 0.15) is 24.2 Å². The molecule has 1 aromatic rings. The highest BCUT2D eigenvalue weighted by molar-refractivity contribution is 8.00. The van der Waals surface area contributed by atoms with Crippen LogP contribution in [-0.2, 0) is 0 Å². The van der Waals surface area contributed by atoms with E-state index in [4.69, 9.17) is 0 Å². The number of rotatable bonds is 3. The number of carbonyl (C=O) groups excluding carboxylic acids is 1. The number of thioether (sulfide) groups is 1. The minimum Gasteiger partial charge on any atom is -0.294 e. The molecule has 0 saturated carbocycles. The molecular weight excluding hydrogens is 249 g/mol. The number of ketones is 1. The summed E-state index contributed by atoms with van der Waals surface area (Å²) in [7, 11) is 0. The van der Waals surface area contributed by atoms with Gasteiger partial charge in [-0.1, -0.05) is 12.1 Å². The molecule has 0 spiro atoms. The number of carbonyl (C=O) groups is 1. The highest BCUT2D eigenvalue weighted by Crippen LogP contribution is 2.29. The second-order valence-corrected chi connectivity index (χ2v) is 7.02. The van der Waals surface area contributed by atoms with Crippen molar-refractivity contribution in [3.63, 3.8) is 0 Å². The van der Waals surface area contributed by atoms with Crippen molar-refractivity contribution in [1.82, 2.24) is 4.90 Å². The number of hydrogen-bond donors (Lipinski definition) is 0. The van der Waals surface area contributed by atoms with Gasteiger partial charge in [0.2, 0.25) is 0 Å². The van der Waals surface area contributed by atoms with E-state index >= 15 is 0 Å². The molecule has 0 N–H and O–H groups in total. The second kappa shape index (κ2) is 5.41. The first-order valence-corrected chi connectivity index (χ1v) is 7.10. The van der Waals surface area contributed by atoms with Crippen molar-refractivity contribution < 1.29 is 9.18 Å². The van der Waals surface area contributed by atoms with E-state index in [9.17, 15) is 9.18 Å². The molecule has 0 atom stereocenters. The smallest absolute Gasteiger partial charge is 0.179 e. The Bertz CT molecular complexity index is 447. The Hall–Kier alpha value is -0.870. The van der Waals surface area contributed by atoms with Crippen molar-refractivity contribution in [2.45, 2.75) is 18.6 Å². The summed E-state index contributed by atoms with van der Waals surface area (Å²) < 4.78 is 13.7. The van der Waals surface area contributed by atoms with E-state index in [1.165, 1.54) is 6.07 Å². The molecule has 0 amide bonds. The third kappa shape index (κ3) is 3.33. The Morgan fingerprint density at radius 1 is 1.44 bits per heavy atom. The Kier molecular flexibility index (Phi) is 4.07. The molecule has 0 aromatic heterocycles. The van der Waals surface area contributed by atoms with Gasteiger partial charge in [-0.2, -0.15) is 11.8 Å². The standard InChI is InChI=1S/C14H18FNOS/c1-14(2)10-16(7-8-18-14)9-13(17)11-5-3-4-6-12(11)15/h3-6H,7-10H2,1-2H3. The summed E-state index contributed by atoms with van der Waals surface area (Å²) in [6, 6.07) is 6.20. The van der Waals surface area contributed by atoms with Crippen LogP contribution in [0, 0.1) is 5.82 Å². The van der Waals surface area contributed by atoms with Gasteiger partial charge in [-0.05, 0) is 26.0 Å². The first-order chi connectivity index (χ1) is 8.48. The lowest BCUT2D eigenvalue weighted by molar-refractivity contribution is 0.0923. The van der Waals surface area contributed by atoms with Crippen molar-refractivity contribution in [1.29, 1.82) is 0 Å². The third-order valence-electron chi connectivity index (χ3n) is 3.05. The van der Waals surface area contributed by atoms with Crippen LogP contribution in [0.15, 0.2) is 24.3 Å². The zero-order valence-electron chi connectivity index (χ0n) is 10.8. The summed E-state index contributed by atoms with van der Waals surface area (Å²) in [5, 5.41) is 0. The highest BCUT2D eigenvalue weighted by Gasteiger charge is 2.28. The van der Waals surface area contributed by atoms with Crippen LogP contribution in [0.25, 0.3) is 0 Å². The van der Waals surface area contributed by atoms with E-state index in [1.54, 1.807) is 18.2 Å². The second-order valence-electron chi connectivity index (χ2n) is 5.22. The Labute approximate surface area is 112 Å². The molecule has 2 nitrogen and oxygen atoms in total. The zero-order valence-corrected chi connectivity index (χ0v) is 11.6. The molecule has 2 rings (SSSR count). The monoisotopic (exact) mass is 267 g/mol. The molecule has 1 fully saturated rings. The van der Waals surface area contributed by atoms with E-state index < -0.39 is 5.82 Å². The molecule has 0 unspecified atom stereocenters. The average Bonchev–Trinajstić information content (AvgIpc) is 2.28. The van der Waals surface area contributed by atoms with Crippen LogP contribution in [0.3, 0.4) is 0 Å². The van der Waals surface area contributed by atoms with Crippen molar-refractivity contribution in [3.05, 3.63) is 35.6 Å². The highest BCUT2D eigenvalue weighted by atomic mass is 32.2. The number of halogens is 1. The summed E-state index contributed by atoms with van der Waals surface area (Å²) in [5.41, 5.74) is 0.202. The molecule has 1 aliphatic rings. The Morgan fingerprint density at radius 2 is 2.17 bits per heavy atom. The molecule has 1 saturated heterocycles. The first kappa shape index (κ1) is 13.6. The normalized spacial score (nSPS) is 19.7. The molecule has 98 valence electrons. The average molecular weight is 267 g/mol. The lowest BCUT2D eigenvalue weighted by Gasteiger charge is -2.37. The largest absolute Gasteiger partial charge is 0.294 e. The predicted octanol–water partition coefficient (Wildman–Crippen LogP) is 2.84.